The summed E-state index contributed by atoms with van der Waals surface area (Å²) in [4.78, 5) is 15.6. The second-order valence-corrected chi connectivity index (χ2v) is 5.55. The Kier molecular flexibility index (Phi) is 3.38. The monoisotopic (exact) mass is 270 g/mol. The molecule has 0 radical (unpaired) electrons. The zero-order chi connectivity index (χ0) is 14.0. The van der Waals surface area contributed by atoms with Crippen LogP contribution >= 0.6 is 0 Å². The van der Waals surface area contributed by atoms with Gasteiger partial charge in [-0.2, -0.15) is 4.98 Å². The fraction of sp³-hybridized carbons (Fsp3) is 0.438. The highest BCUT2D eigenvalue weighted by Gasteiger charge is 2.41. The summed E-state index contributed by atoms with van der Waals surface area (Å²) in [6.07, 6.45) is 4.64. The summed E-state index contributed by atoms with van der Waals surface area (Å²) in [5.41, 5.74) is 1.10. The van der Waals surface area contributed by atoms with Gasteiger partial charge in [0.1, 0.15) is 5.78 Å². The van der Waals surface area contributed by atoms with Crippen LogP contribution in [0.2, 0.25) is 0 Å². The van der Waals surface area contributed by atoms with Crippen LogP contribution in [0.4, 0.5) is 0 Å². The molecule has 20 heavy (non-hydrogen) atoms. The lowest BCUT2D eigenvalue weighted by molar-refractivity contribution is -0.116. The van der Waals surface area contributed by atoms with Gasteiger partial charge in [0.15, 0.2) is 5.82 Å². The molecule has 0 unspecified atom stereocenters. The highest BCUT2D eigenvalue weighted by atomic mass is 16.5. The van der Waals surface area contributed by atoms with Gasteiger partial charge in [0.2, 0.25) is 5.89 Å². The number of ketones is 1. The molecule has 1 heterocycles. The smallest absolute Gasteiger partial charge is 0.234 e. The van der Waals surface area contributed by atoms with Gasteiger partial charge in [0.05, 0.1) is 11.8 Å². The molecule has 4 nitrogen and oxygen atoms in total. The predicted molar refractivity (Wildman–Crippen MR) is 74.4 cm³/mol. The van der Waals surface area contributed by atoms with E-state index in [0.717, 1.165) is 18.7 Å². The molecule has 104 valence electrons. The average Bonchev–Trinajstić information content (AvgIpc) is 3.08. The lowest BCUT2D eigenvalue weighted by Crippen LogP contribution is -2.25. The zero-order valence-electron chi connectivity index (χ0n) is 11.6. The first kappa shape index (κ1) is 13.0. The average molecular weight is 270 g/mol. The van der Waals surface area contributed by atoms with Gasteiger partial charge in [-0.3, -0.25) is 4.79 Å². The van der Waals surface area contributed by atoms with Crippen LogP contribution in [0.1, 0.15) is 49.9 Å². The minimum atomic E-state index is -0.139. The number of carbonyl (C=O) groups is 1. The van der Waals surface area contributed by atoms with E-state index < -0.39 is 0 Å². The molecule has 0 spiro atoms. The van der Waals surface area contributed by atoms with Crippen molar-refractivity contribution in [1.29, 1.82) is 0 Å². The molecule has 2 aromatic rings. The Morgan fingerprint density at radius 3 is 2.60 bits per heavy atom. The minimum Gasteiger partial charge on any atom is -0.339 e. The number of benzene rings is 1. The standard InChI is InChI=1S/C16H18N2O2/c1-12(19)11-14-17-15(18-20-14)16(9-5-6-10-16)13-7-3-2-4-8-13/h2-4,7-8H,5-6,9-11H2,1H3. The Balaban J connectivity index is 1.99. The molecular weight excluding hydrogens is 252 g/mol. The van der Waals surface area contributed by atoms with Gasteiger partial charge in [-0.05, 0) is 25.3 Å². The molecule has 1 aromatic heterocycles. The third-order valence-corrected chi connectivity index (χ3v) is 4.08. The number of rotatable bonds is 4. The Hall–Kier alpha value is -1.97. The van der Waals surface area contributed by atoms with E-state index >= 15 is 0 Å². The fourth-order valence-corrected chi connectivity index (χ4v) is 3.11. The Bertz CT molecular complexity index is 598. The SMILES string of the molecule is CC(=O)Cc1nc(C2(c3ccccc3)CCCC2)no1. The van der Waals surface area contributed by atoms with Crippen molar-refractivity contribution < 1.29 is 9.32 Å². The third-order valence-electron chi connectivity index (χ3n) is 4.08. The molecule has 3 rings (SSSR count). The molecule has 0 saturated heterocycles. The van der Waals surface area contributed by atoms with Gasteiger partial charge < -0.3 is 4.52 Å². The molecular formula is C16H18N2O2. The van der Waals surface area contributed by atoms with E-state index in [-0.39, 0.29) is 17.6 Å². The van der Waals surface area contributed by atoms with E-state index in [1.165, 1.54) is 25.3 Å². The van der Waals surface area contributed by atoms with Crippen molar-refractivity contribution in [2.24, 2.45) is 0 Å². The van der Waals surface area contributed by atoms with Gasteiger partial charge in [-0.1, -0.05) is 48.3 Å². The van der Waals surface area contributed by atoms with Crippen molar-refractivity contribution in [2.75, 3.05) is 0 Å². The minimum absolute atomic E-state index is 0.0420. The number of aromatic nitrogens is 2. The van der Waals surface area contributed by atoms with E-state index in [4.69, 9.17) is 4.52 Å². The van der Waals surface area contributed by atoms with Gasteiger partial charge in [0.25, 0.3) is 0 Å². The Morgan fingerprint density at radius 1 is 1.25 bits per heavy atom. The number of carbonyl (C=O) groups excluding carboxylic acids is 1. The second kappa shape index (κ2) is 5.19. The van der Waals surface area contributed by atoms with Crippen molar-refractivity contribution in [3.05, 3.63) is 47.6 Å². The van der Waals surface area contributed by atoms with Crippen LogP contribution in [-0.4, -0.2) is 15.9 Å². The number of hydrogen-bond acceptors (Lipinski definition) is 4. The maximum Gasteiger partial charge on any atom is 0.234 e. The first-order valence-electron chi connectivity index (χ1n) is 7.09. The number of nitrogens with zero attached hydrogens (tertiary/aromatic N) is 2. The molecule has 1 aromatic carbocycles. The quantitative estimate of drug-likeness (QED) is 0.856. The molecule has 1 saturated carbocycles. The van der Waals surface area contributed by atoms with Crippen molar-refractivity contribution >= 4 is 5.78 Å². The fourth-order valence-electron chi connectivity index (χ4n) is 3.11. The summed E-state index contributed by atoms with van der Waals surface area (Å²) in [5.74, 6) is 1.20. The molecule has 1 fully saturated rings. The maximum absolute atomic E-state index is 11.2. The molecule has 1 aliphatic rings. The highest BCUT2D eigenvalue weighted by Crippen LogP contribution is 2.45. The van der Waals surface area contributed by atoms with Crippen molar-refractivity contribution in [1.82, 2.24) is 10.1 Å². The largest absolute Gasteiger partial charge is 0.339 e. The molecule has 0 amide bonds. The van der Waals surface area contributed by atoms with E-state index in [0.29, 0.717) is 5.89 Å². The van der Waals surface area contributed by atoms with Crippen LogP contribution in [0, 0.1) is 0 Å². The highest BCUT2D eigenvalue weighted by molar-refractivity contribution is 5.77. The summed E-state index contributed by atoms with van der Waals surface area (Å²) in [6, 6.07) is 10.4. The van der Waals surface area contributed by atoms with Crippen molar-refractivity contribution in [2.45, 2.75) is 44.4 Å². The summed E-state index contributed by atoms with van der Waals surface area (Å²) >= 11 is 0. The first-order chi connectivity index (χ1) is 9.71. The van der Waals surface area contributed by atoms with Gasteiger partial charge >= 0.3 is 0 Å². The van der Waals surface area contributed by atoms with Crippen LogP contribution in [0.25, 0.3) is 0 Å². The van der Waals surface area contributed by atoms with Crippen LogP contribution in [0.15, 0.2) is 34.9 Å². The third kappa shape index (κ3) is 2.26. The molecule has 0 aliphatic heterocycles. The summed E-state index contributed by atoms with van der Waals surface area (Å²) in [7, 11) is 0. The Morgan fingerprint density at radius 2 is 1.95 bits per heavy atom. The normalized spacial score (nSPS) is 17.2. The zero-order valence-corrected chi connectivity index (χ0v) is 11.6. The van der Waals surface area contributed by atoms with Crippen molar-refractivity contribution in [3.8, 4) is 0 Å². The maximum atomic E-state index is 11.2. The van der Waals surface area contributed by atoms with E-state index in [9.17, 15) is 4.79 Å². The van der Waals surface area contributed by atoms with Crippen LogP contribution in [-0.2, 0) is 16.6 Å². The second-order valence-electron chi connectivity index (χ2n) is 5.55. The van der Waals surface area contributed by atoms with E-state index in [1.807, 2.05) is 18.2 Å². The van der Waals surface area contributed by atoms with Gasteiger partial charge in [-0.25, -0.2) is 0 Å². The van der Waals surface area contributed by atoms with Crippen molar-refractivity contribution in [3.63, 3.8) is 0 Å². The molecule has 1 aliphatic carbocycles. The lowest BCUT2D eigenvalue weighted by Gasteiger charge is -2.25. The van der Waals surface area contributed by atoms with Crippen LogP contribution < -0.4 is 0 Å². The lowest BCUT2D eigenvalue weighted by atomic mass is 9.78. The summed E-state index contributed by atoms with van der Waals surface area (Å²) in [6.45, 7) is 1.53. The molecule has 0 atom stereocenters. The predicted octanol–water partition coefficient (Wildman–Crippen LogP) is 3.06. The number of Topliss-reactive ketones (excluding diaryl/α,β-unsaturated/α-hetero) is 1. The number of hydrogen-bond donors (Lipinski definition) is 0. The Labute approximate surface area is 118 Å². The van der Waals surface area contributed by atoms with E-state index in [1.54, 1.807) is 0 Å². The molecule has 0 bridgehead atoms. The van der Waals surface area contributed by atoms with Gasteiger partial charge in [-0.15, -0.1) is 0 Å². The topological polar surface area (TPSA) is 56.0 Å². The molecule has 4 heteroatoms. The van der Waals surface area contributed by atoms with Crippen LogP contribution in [0.3, 0.4) is 0 Å². The van der Waals surface area contributed by atoms with Crippen LogP contribution in [0.5, 0.6) is 0 Å². The summed E-state index contributed by atoms with van der Waals surface area (Å²) < 4.78 is 5.25. The molecule has 0 N–H and O–H groups in total. The van der Waals surface area contributed by atoms with Gasteiger partial charge in [0, 0.05) is 0 Å². The van der Waals surface area contributed by atoms with E-state index in [2.05, 4.69) is 22.3 Å². The summed E-state index contributed by atoms with van der Waals surface area (Å²) in [5, 5.41) is 4.16. The first-order valence-corrected chi connectivity index (χ1v) is 7.09.